The zero-order valence-electron chi connectivity index (χ0n) is 17.3. The topological polar surface area (TPSA) is 76.2 Å². The zero-order valence-corrected chi connectivity index (χ0v) is 17.3. The molecular formula is C23H20F3N3O3. The highest BCUT2D eigenvalue weighted by Crippen LogP contribution is 2.32. The summed E-state index contributed by atoms with van der Waals surface area (Å²) in [6.07, 6.45) is -3.83. The van der Waals surface area contributed by atoms with E-state index in [1.54, 1.807) is 6.07 Å². The Kier molecular flexibility index (Phi) is 7.18. The minimum atomic E-state index is -4.54. The number of nitrogens with zero attached hydrogens (tertiary/aromatic N) is 1. The minimum Gasteiger partial charge on any atom is -0.489 e. The first-order valence-electron chi connectivity index (χ1n) is 9.54. The molecule has 1 heterocycles. The SMILES string of the molecule is COCCOc1ccc(-c2ncc(C(F)(F)F)[nH]2)cc1NC(=O)C#Cc1cccc(C)c1. The van der Waals surface area contributed by atoms with Gasteiger partial charge in [0.25, 0.3) is 0 Å². The van der Waals surface area contributed by atoms with Crippen LogP contribution in [-0.4, -0.2) is 36.2 Å². The van der Waals surface area contributed by atoms with Crippen molar-refractivity contribution in [2.24, 2.45) is 0 Å². The van der Waals surface area contributed by atoms with Crippen molar-refractivity contribution in [1.29, 1.82) is 0 Å². The maximum atomic E-state index is 12.9. The summed E-state index contributed by atoms with van der Waals surface area (Å²) in [6.45, 7) is 2.45. The van der Waals surface area contributed by atoms with E-state index in [1.165, 1.54) is 25.3 Å². The van der Waals surface area contributed by atoms with Crippen LogP contribution in [0, 0.1) is 18.8 Å². The molecular weight excluding hydrogens is 423 g/mol. The molecule has 166 valence electrons. The number of aromatic nitrogens is 2. The standard InChI is InChI=1S/C23H20F3N3O3/c1-15-4-3-5-16(12-15)6-9-21(30)28-18-13-17(7-8-19(18)32-11-10-31-2)22-27-14-20(29-22)23(24,25)26/h3-5,7-8,12-14H,10-11H2,1-2H3,(H,27,29)(H,28,30). The number of rotatable bonds is 6. The Hall–Kier alpha value is -3.77. The first kappa shape index (κ1) is 22.9. The Morgan fingerprint density at radius 3 is 2.69 bits per heavy atom. The van der Waals surface area contributed by atoms with Gasteiger partial charge < -0.3 is 19.8 Å². The molecule has 32 heavy (non-hydrogen) atoms. The van der Waals surface area contributed by atoms with E-state index in [2.05, 4.69) is 27.1 Å². The van der Waals surface area contributed by atoms with Gasteiger partial charge >= 0.3 is 12.1 Å². The molecule has 9 heteroatoms. The number of anilines is 1. The van der Waals surface area contributed by atoms with E-state index in [-0.39, 0.29) is 18.1 Å². The van der Waals surface area contributed by atoms with Crippen molar-refractivity contribution < 1.29 is 27.4 Å². The third-order valence-corrected chi connectivity index (χ3v) is 4.27. The van der Waals surface area contributed by atoms with Crippen molar-refractivity contribution in [3.8, 4) is 29.0 Å². The number of aromatic amines is 1. The summed E-state index contributed by atoms with van der Waals surface area (Å²) >= 11 is 0. The molecule has 0 aliphatic heterocycles. The summed E-state index contributed by atoms with van der Waals surface area (Å²) in [5.41, 5.74) is 1.30. The first-order valence-corrected chi connectivity index (χ1v) is 9.54. The van der Waals surface area contributed by atoms with E-state index in [1.807, 2.05) is 25.1 Å². The van der Waals surface area contributed by atoms with Gasteiger partial charge in [-0.15, -0.1) is 0 Å². The molecule has 1 amide bonds. The number of methoxy groups -OCH3 is 1. The van der Waals surface area contributed by atoms with Gasteiger partial charge in [-0.1, -0.05) is 18.1 Å². The zero-order chi connectivity index (χ0) is 23.1. The fraction of sp³-hybridized carbons (Fsp3) is 0.217. The maximum absolute atomic E-state index is 12.9. The molecule has 3 rings (SSSR count). The monoisotopic (exact) mass is 443 g/mol. The van der Waals surface area contributed by atoms with Crippen LogP contribution >= 0.6 is 0 Å². The second-order valence-electron chi connectivity index (χ2n) is 6.77. The van der Waals surface area contributed by atoms with Crippen molar-refractivity contribution in [2.75, 3.05) is 25.6 Å². The molecule has 0 saturated heterocycles. The highest BCUT2D eigenvalue weighted by Gasteiger charge is 2.33. The van der Waals surface area contributed by atoms with Crippen molar-refractivity contribution >= 4 is 11.6 Å². The van der Waals surface area contributed by atoms with Gasteiger partial charge in [-0.25, -0.2) is 4.98 Å². The Labute approximate surface area is 182 Å². The van der Waals surface area contributed by atoms with E-state index in [9.17, 15) is 18.0 Å². The van der Waals surface area contributed by atoms with E-state index < -0.39 is 17.8 Å². The lowest BCUT2D eigenvalue weighted by Gasteiger charge is -2.12. The summed E-state index contributed by atoms with van der Waals surface area (Å²) in [6, 6.07) is 11.9. The quantitative estimate of drug-likeness (QED) is 0.437. The number of amides is 1. The molecule has 0 unspecified atom stereocenters. The number of imidazole rings is 1. The van der Waals surface area contributed by atoms with Gasteiger partial charge in [0.2, 0.25) is 0 Å². The summed E-state index contributed by atoms with van der Waals surface area (Å²) in [7, 11) is 1.52. The Morgan fingerprint density at radius 1 is 1.19 bits per heavy atom. The van der Waals surface area contributed by atoms with E-state index >= 15 is 0 Å². The Morgan fingerprint density at radius 2 is 2.00 bits per heavy atom. The smallest absolute Gasteiger partial charge is 0.432 e. The molecule has 1 aromatic heterocycles. The summed E-state index contributed by atoms with van der Waals surface area (Å²) in [5, 5.41) is 2.63. The summed E-state index contributed by atoms with van der Waals surface area (Å²) in [5.74, 6) is 5.00. The Bertz CT molecular complexity index is 1160. The number of carbonyl (C=O) groups excluding carboxylic acids is 1. The Balaban J connectivity index is 1.86. The third kappa shape index (κ3) is 6.12. The van der Waals surface area contributed by atoms with Gasteiger partial charge in [-0.3, -0.25) is 4.79 Å². The van der Waals surface area contributed by atoms with Crippen LogP contribution in [0.25, 0.3) is 11.4 Å². The molecule has 0 spiro atoms. The van der Waals surface area contributed by atoms with Crippen LogP contribution in [0.3, 0.4) is 0 Å². The second kappa shape index (κ2) is 10.0. The average molecular weight is 443 g/mol. The molecule has 0 aliphatic carbocycles. The van der Waals surface area contributed by atoms with E-state index in [4.69, 9.17) is 9.47 Å². The van der Waals surface area contributed by atoms with E-state index in [0.29, 0.717) is 29.7 Å². The van der Waals surface area contributed by atoms with Gasteiger partial charge in [0.15, 0.2) is 0 Å². The van der Waals surface area contributed by atoms with Gasteiger partial charge in [0.05, 0.1) is 18.5 Å². The molecule has 0 bridgehead atoms. The molecule has 0 saturated carbocycles. The second-order valence-corrected chi connectivity index (χ2v) is 6.77. The van der Waals surface area contributed by atoms with Gasteiger partial charge in [-0.2, -0.15) is 13.2 Å². The van der Waals surface area contributed by atoms with Crippen LogP contribution in [0.15, 0.2) is 48.7 Å². The number of halogens is 3. The van der Waals surface area contributed by atoms with Crippen molar-refractivity contribution in [3.05, 3.63) is 65.5 Å². The number of nitrogens with one attached hydrogen (secondary N) is 2. The fourth-order valence-electron chi connectivity index (χ4n) is 2.75. The van der Waals surface area contributed by atoms with Crippen LogP contribution < -0.4 is 10.1 Å². The number of benzene rings is 2. The number of carbonyl (C=O) groups is 1. The van der Waals surface area contributed by atoms with Crippen LogP contribution in [0.5, 0.6) is 5.75 Å². The number of hydrogen-bond acceptors (Lipinski definition) is 4. The molecule has 0 fully saturated rings. The number of H-pyrrole nitrogens is 1. The maximum Gasteiger partial charge on any atom is 0.432 e. The lowest BCUT2D eigenvalue weighted by atomic mass is 10.1. The lowest BCUT2D eigenvalue weighted by molar-refractivity contribution is -0.140. The van der Waals surface area contributed by atoms with Crippen LogP contribution in [0.4, 0.5) is 18.9 Å². The van der Waals surface area contributed by atoms with Gasteiger partial charge in [-0.05, 0) is 42.8 Å². The fourth-order valence-corrected chi connectivity index (χ4v) is 2.75. The predicted octanol–water partition coefficient (Wildman–Crippen LogP) is 4.42. The molecule has 6 nitrogen and oxygen atoms in total. The lowest BCUT2D eigenvalue weighted by Crippen LogP contribution is -2.12. The molecule has 2 aromatic carbocycles. The van der Waals surface area contributed by atoms with Crippen molar-refractivity contribution in [1.82, 2.24) is 9.97 Å². The minimum absolute atomic E-state index is 0.00195. The molecule has 0 aliphatic rings. The number of hydrogen-bond donors (Lipinski definition) is 2. The first-order chi connectivity index (χ1) is 15.3. The van der Waals surface area contributed by atoms with Crippen LogP contribution in [0.2, 0.25) is 0 Å². The number of aryl methyl sites for hydroxylation is 1. The van der Waals surface area contributed by atoms with Crippen LogP contribution in [0.1, 0.15) is 16.8 Å². The molecule has 0 radical (unpaired) electrons. The molecule has 3 aromatic rings. The average Bonchev–Trinajstić information content (AvgIpc) is 3.24. The highest BCUT2D eigenvalue weighted by molar-refractivity contribution is 6.05. The number of ether oxygens (including phenoxy) is 2. The number of alkyl halides is 3. The summed E-state index contributed by atoms with van der Waals surface area (Å²) < 4.78 is 49.2. The van der Waals surface area contributed by atoms with Crippen molar-refractivity contribution in [2.45, 2.75) is 13.1 Å². The third-order valence-electron chi connectivity index (χ3n) is 4.27. The normalized spacial score (nSPS) is 10.9. The summed E-state index contributed by atoms with van der Waals surface area (Å²) in [4.78, 5) is 18.4. The molecule has 0 atom stereocenters. The van der Waals surface area contributed by atoms with Gasteiger partial charge in [0, 0.05) is 24.2 Å². The highest BCUT2D eigenvalue weighted by atomic mass is 19.4. The van der Waals surface area contributed by atoms with Crippen molar-refractivity contribution in [3.63, 3.8) is 0 Å². The largest absolute Gasteiger partial charge is 0.489 e. The van der Waals surface area contributed by atoms with E-state index in [0.717, 1.165) is 5.56 Å². The van der Waals surface area contributed by atoms with Gasteiger partial charge in [0.1, 0.15) is 23.9 Å². The molecule has 2 N–H and O–H groups in total. The predicted molar refractivity (Wildman–Crippen MR) is 113 cm³/mol. The van der Waals surface area contributed by atoms with Crippen LogP contribution in [-0.2, 0) is 15.7 Å².